The molecule has 3 aromatic rings. The fourth-order valence-corrected chi connectivity index (χ4v) is 12.2. The number of nitrogens with zero attached hydrogens (tertiary/aromatic N) is 3. The number of ether oxygens (including phenoxy) is 1. The van der Waals surface area contributed by atoms with Crippen molar-refractivity contribution in [3.8, 4) is 0 Å². The quantitative estimate of drug-likeness (QED) is 0.373. The van der Waals surface area contributed by atoms with Gasteiger partial charge in [-0.1, -0.05) is 61.4 Å². The first kappa shape index (κ1) is 24.5. The molecule has 8 heterocycles. The van der Waals surface area contributed by atoms with E-state index in [9.17, 15) is 0 Å². The summed E-state index contributed by atoms with van der Waals surface area (Å²) in [5.74, 6) is 2.41. The number of benzene rings is 2. The third-order valence-electron chi connectivity index (χ3n) is 13.9. The van der Waals surface area contributed by atoms with E-state index >= 15 is 0 Å². The second-order valence-corrected chi connectivity index (χ2v) is 15.1. The van der Waals surface area contributed by atoms with Crippen LogP contribution in [-0.4, -0.2) is 65.8 Å². The summed E-state index contributed by atoms with van der Waals surface area (Å²) in [5, 5.41) is 1.44. The smallest absolute Gasteiger partial charge is 0.0863 e. The van der Waals surface area contributed by atoms with E-state index in [1.54, 1.807) is 22.3 Å². The molecule has 7 aliphatic heterocycles. The van der Waals surface area contributed by atoms with Crippen LogP contribution in [0.3, 0.4) is 0 Å². The van der Waals surface area contributed by atoms with Gasteiger partial charge in [0.1, 0.15) is 0 Å². The van der Waals surface area contributed by atoms with Gasteiger partial charge in [0, 0.05) is 65.5 Å². The summed E-state index contributed by atoms with van der Waals surface area (Å²) in [7, 11) is 0. The molecule has 43 heavy (non-hydrogen) atoms. The lowest BCUT2D eigenvalue weighted by atomic mass is 9.52. The largest absolute Gasteiger partial charge is 0.369 e. The Morgan fingerprint density at radius 1 is 1.00 bits per heavy atom. The van der Waals surface area contributed by atoms with E-state index < -0.39 is 0 Å². The van der Waals surface area contributed by atoms with Gasteiger partial charge in [0.25, 0.3) is 0 Å². The van der Waals surface area contributed by atoms with Crippen molar-refractivity contribution in [2.24, 2.45) is 23.7 Å². The number of piperidine rings is 2. The molecule has 1 spiro atoms. The van der Waals surface area contributed by atoms with Crippen molar-refractivity contribution in [3.05, 3.63) is 88.8 Å². The SMILES string of the molecule is CC[C@H]1CN2CCc3c([nH]c4ccccc34)[C@@H]2C[C@@H]1C1=CN2c3ccccc3[C@@]34CCN5CC6=CCO[C@@H]1[C@@H]([C@H]23)[C@H]6C[C@H]54. The van der Waals surface area contributed by atoms with E-state index in [4.69, 9.17) is 4.74 Å². The average Bonchev–Trinajstić information content (AvgIpc) is 3.67. The fourth-order valence-electron chi connectivity index (χ4n) is 12.2. The highest BCUT2D eigenvalue weighted by Gasteiger charge is 2.70. The Labute approximate surface area is 254 Å². The predicted molar refractivity (Wildman–Crippen MR) is 170 cm³/mol. The molecule has 220 valence electrons. The molecule has 5 nitrogen and oxygen atoms in total. The standard InChI is InChI=1S/C38H42N4O/c1-2-22-19-40-14-11-25-24-7-3-5-9-30(24)39-35(25)32(40)17-26(22)28-21-42-31-10-6-4-8-29(31)38-13-15-41-20-23-12-16-43-36(28)34(37(38)42)27(23)18-33(38)41/h3-10,12,21-22,26-27,32-34,36-37,39H,2,11,13-20H2,1H3/t22-,26-,27-,32-,33-,34-,36-,37-,38+/m0/s1. The summed E-state index contributed by atoms with van der Waals surface area (Å²) in [6.07, 6.45) is 11.6. The predicted octanol–water partition coefficient (Wildman–Crippen LogP) is 6.19. The molecule has 3 saturated heterocycles. The molecule has 0 unspecified atom stereocenters. The van der Waals surface area contributed by atoms with Crippen LogP contribution in [0.4, 0.5) is 5.69 Å². The van der Waals surface area contributed by atoms with E-state index in [-0.39, 0.29) is 11.5 Å². The Hall–Kier alpha value is -2.86. The number of nitrogens with one attached hydrogen (secondary N) is 1. The minimum Gasteiger partial charge on any atom is -0.369 e. The number of H-pyrrole nitrogens is 1. The highest BCUT2D eigenvalue weighted by atomic mass is 16.5. The monoisotopic (exact) mass is 570 g/mol. The third-order valence-corrected chi connectivity index (χ3v) is 13.9. The van der Waals surface area contributed by atoms with Gasteiger partial charge in [0.15, 0.2) is 0 Å². The van der Waals surface area contributed by atoms with Crippen molar-refractivity contribution < 1.29 is 4.74 Å². The molecule has 4 fully saturated rings. The molecule has 9 atom stereocenters. The first-order valence-corrected chi connectivity index (χ1v) is 17.2. The van der Waals surface area contributed by atoms with Gasteiger partial charge in [0.05, 0.1) is 24.8 Å². The van der Waals surface area contributed by atoms with Crippen LogP contribution < -0.4 is 4.90 Å². The molecule has 0 amide bonds. The summed E-state index contributed by atoms with van der Waals surface area (Å²) >= 11 is 0. The molecule has 1 aliphatic carbocycles. The van der Waals surface area contributed by atoms with Crippen molar-refractivity contribution in [2.45, 2.75) is 68.7 Å². The number of fused-ring (bicyclic) bond motifs is 7. The van der Waals surface area contributed by atoms with Crippen LogP contribution in [0, 0.1) is 23.7 Å². The number of aromatic nitrogens is 1. The molecule has 11 rings (SSSR count). The second-order valence-electron chi connectivity index (χ2n) is 15.1. The molecule has 2 bridgehead atoms. The first-order valence-electron chi connectivity index (χ1n) is 17.2. The van der Waals surface area contributed by atoms with Gasteiger partial charge >= 0.3 is 0 Å². The van der Waals surface area contributed by atoms with Crippen LogP contribution in [0.1, 0.15) is 55.5 Å². The van der Waals surface area contributed by atoms with Crippen molar-refractivity contribution >= 4 is 16.6 Å². The Kier molecular flexibility index (Phi) is 4.80. The zero-order valence-corrected chi connectivity index (χ0v) is 25.2. The molecule has 0 radical (unpaired) electrons. The molecule has 8 aliphatic rings. The zero-order valence-electron chi connectivity index (χ0n) is 25.2. The number of anilines is 1. The molecule has 1 N–H and O–H groups in total. The average molecular weight is 571 g/mol. The lowest BCUT2D eigenvalue weighted by molar-refractivity contribution is -0.0400. The van der Waals surface area contributed by atoms with Crippen LogP contribution in [0.15, 0.2) is 72.0 Å². The number of aromatic amines is 1. The minimum atomic E-state index is 0.232. The normalized spacial score (nSPS) is 40.4. The van der Waals surface area contributed by atoms with Crippen molar-refractivity contribution in [3.63, 3.8) is 0 Å². The van der Waals surface area contributed by atoms with Gasteiger partial charge in [-0.25, -0.2) is 0 Å². The molecule has 1 saturated carbocycles. The topological polar surface area (TPSA) is 34.7 Å². The first-order chi connectivity index (χ1) is 21.2. The van der Waals surface area contributed by atoms with Crippen LogP contribution in [0.25, 0.3) is 10.9 Å². The highest BCUT2D eigenvalue weighted by Crippen LogP contribution is 2.66. The summed E-state index contributed by atoms with van der Waals surface area (Å²) in [6.45, 7) is 8.01. The Morgan fingerprint density at radius 3 is 2.86 bits per heavy atom. The maximum atomic E-state index is 7.12. The van der Waals surface area contributed by atoms with E-state index in [1.165, 1.54) is 74.1 Å². The molecule has 2 aromatic carbocycles. The van der Waals surface area contributed by atoms with Gasteiger partial charge in [-0.05, 0) is 78.8 Å². The minimum absolute atomic E-state index is 0.232. The zero-order chi connectivity index (χ0) is 28.0. The van der Waals surface area contributed by atoms with Gasteiger partial charge in [-0.15, -0.1) is 0 Å². The van der Waals surface area contributed by atoms with Crippen molar-refractivity contribution in [2.75, 3.05) is 37.7 Å². The van der Waals surface area contributed by atoms with E-state index in [2.05, 4.69) is 87.4 Å². The van der Waals surface area contributed by atoms with Gasteiger partial charge < -0.3 is 14.6 Å². The molecular weight excluding hydrogens is 528 g/mol. The van der Waals surface area contributed by atoms with Crippen LogP contribution >= 0.6 is 0 Å². The summed E-state index contributed by atoms with van der Waals surface area (Å²) in [4.78, 5) is 12.4. The van der Waals surface area contributed by atoms with E-state index in [0.29, 0.717) is 41.8 Å². The van der Waals surface area contributed by atoms with E-state index in [0.717, 1.165) is 13.0 Å². The van der Waals surface area contributed by atoms with Crippen LogP contribution in [0.2, 0.25) is 0 Å². The summed E-state index contributed by atoms with van der Waals surface area (Å²) < 4.78 is 7.12. The maximum Gasteiger partial charge on any atom is 0.0863 e. The van der Waals surface area contributed by atoms with Gasteiger partial charge in [-0.2, -0.15) is 0 Å². The number of hydrogen-bond donors (Lipinski definition) is 1. The Morgan fingerprint density at radius 2 is 1.91 bits per heavy atom. The van der Waals surface area contributed by atoms with Gasteiger partial charge in [-0.3, -0.25) is 9.80 Å². The number of hydrogen-bond acceptors (Lipinski definition) is 4. The lowest BCUT2D eigenvalue weighted by Crippen LogP contribution is -2.67. The molecular formula is C38H42N4O. The Bertz CT molecular complexity index is 1740. The van der Waals surface area contributed by atoms with Crippen LogP contribution in [0.5, 0.6) is 0 Å². The summed E-state index contributed by atoms with van der Waals surface area (Å²) in [6, 6.07) is 20.2. The fraction of sp³-hybridized carbons (Fsp3) is 0.526. The Balaban J connectivity index is 1.07. The number of para-hydroxylation sites is 2. The van der Waals surface area contributed by atoms with E-state index in [1.807, 2.05) is 0 Å². The molecule has 1 aromatic heterocycles. The van der Waals surface area contributed by atoms with Gasteiger partial charge in [0.2, 0.25) is 0 Å². The maximum absolute atomic E-state index is 7.12. The lowest BCUT2D eigenvalue weighted by Gasteiger charge is -2.60. The highest BCUT2D eigenvalue weighted by molar-refractivity contribution is 5.85. The molecule has 5 heteroatoms. The summed E-state index contributed by atoms with van der Waals surface area (Å²) in [5.41, 5.74) is 11.1. The van der Waals surface area contributed by atoms with Crippen molar-refractivity contribution in [1.29, 1.82) is 0 Å². The number of rotatable bonds is 2. The third kappa shape index (κ3) is 2.91. The van der Waals surface area contributed by atoms with Crippen molar-refractivity contribution in [1.82, 2.24) is 14.8 Å². The van der Waals surface area contributed by atoms with Crippen LogP contribution in [-0.2, 0) is 16.6 Å². The second kappa shape index (κ2) is 8.44.